The third kappa shape index (κ3) is 3.87. The van der Waals surface area contributed by atoms with Crippen molar-refractivity contribution in [2.75, 3.05) is 16.8 Å². The molecule has 1 aliphatic heterocycles. The summed E-state index contributed by atoms with van der Waals surface area (Å²) in [4.78, 5) is 26.6. The van der Waals surface area contributed by atoms with Crippen LogP contribution in [0.2, 0.25) is 0 Å². The van der Waals surface area contributed by atoms with E-state index >= 15 is 0 Å². The summed E-state index contributed by atoms with van der Waals surface area (Å²) >= 11 is 1.37. The topological polar surface area (TPSA) is 75.2 Å². The van der Waals surface area contributed by atoms with Crippen LogP contribution in [0.15, 0.2) is 24.3 Å². The second-order valence-corrected chi connectivity index (χ2v) is 7.56. The van der Waals surface area contributed by atoms with E-state index in [2.05, 4.69) is 35.4 Å². The molecule has 3 rings (SSSR count). The fourth-order valence-electron chi connectivity index (χ4n) is 2.84. The molecule has 0 radical (unpaired) electrons. The van der Waals surface area contributed by atoms with Gasteiger partial charge in [0.15, 0.2) is 0 Å². The number of nitrogens with zero attached hydrogens (tertiary/aromatic N) is 3. The number of aromatic nitrogens is 2. The van der Waals surface area contributed by atoms with Crippen molar-refractivity contribution >= 4 is 34.0 Å². The lowest BCUT2D eigenvalue weighted by Crippen LogP contribution is -2.28. The molecule has 0 spiro atoms. The molecule has 2 amide bonds. The van der Waals surface area contributed by atoms with Gasteiger partial charge in [0.05, 0.1) is 5.92 Å². The summed E-state index contributed by atoms with van der Waals surface area (Å²) in [7, 11) is 0. The van der Waals surface area contributed by atoms with E-state index in [9.17, 15) is 9.59 Å². The standard InChI is InChI=1S/C18H22N4O2S/c1-4-15-20-21-18(25-15)19-17(24)13-9-16(23)22(10-13)14-7-5-6-12(8-14)11(2)3/h5-8,11,13H,4,9-10H2,1-3H3,(H,19,21,24)/t13-/m0/s1. The van der Waals surface area contributed by atoms with Crippen LogP contribution in [-0.4, -0.2) is 28.6 Å². The molecule has 25 heavy (non-hydrogen) atoms. The Hall–Kier alpha value is -2.28. The van der Waals surface area contributed by atoms with Gasteiger partial charge in [-0.05, 0) is 30.0 Å². The second-order valence-electron chi connectivity index (χ2n) is 6.50. The molecule has 0 unspecified atom stereocenters. The molecule has 1 N–H and O–H groups in total. The highest BCUT2D eigenvalue weighted by atomic mass is 32.1. The first-order valence-corrected chi connectivity index (χ1v) is 9.33. The van der Waals surface area contributed by atoms with Crippen LogP contribution >= 0.6 is 11.3 Å². The van der Waals surface area contributed by atoms with Crippen molar-refractivity contribution < 1.29 is 9.59 Å². The van der Waals surface area contributed by atoms with E-state index in [1.165, 1.54) is 16.9 Å². The molecule has 2 heterocycles. The second kappa shape index (κ2) is 7.31. The predicted molar refractivity (Wildman–Crippen MR) is 98.9 cm³/mol. The van der Waals surface area contributed by atoms with E-state index in [1.54, 1.807) is 4.90 Å². The SMILES string of the molecule is CCc1nnc(NC(=O)[C@H]2CC(=O)N(c3cccc(C(C)C)c3)C2)s1. The van der Waals surface area contributed by atoms with Crippen molar-refractivity contribution in [3.8, 4) is 0 Å². The van der Waals surface area contributed by atoms with Gasteiger partial charge in [-0.3, -0.25) is 9.59 Å². The zero-order valence-electron chi connectivity index (χ0n) is 14.7. The van der Waals surface area contributed by atoms with Crippen molar-refractivity contribution in [1.82, 2.24) is 10.2 Å². The van der Waals surface area contributed by atoms with Crippen LogP contribution in [0.4, 0.5) is 10.8 Å². The van der Waals surface area contributed by atoms with Gasteiger partial charge in [0.2, 0.25) is 16.9 Å². The maximum atomic E-state index is 12.5. The van der Waals surface area contributed by atoms with E-state index < -0.39 is 0 Å². The Morgan fingerprint density at radius 3 is 2.88 bits per heavy atom. The molecular weight excluding hydrogens is 336 g/mol. The Morgan fingerprint density at radius 2 is 2.20 bits per heavy atom. The number of aryl methyl sites for hydroxylation is 1. The number of amides is 2. The summed E-state index contributed by atoms with van der Waals surface area (Å²) in [5.74, 6) is -0.173. The molecule has 0 aliphatic carbocycles. The monoisotopic (exact) mass is 358 g/mol. The zero-order chi connectivity index (χ0) is 18.0. The van der Waals surface area contributed by atoms with E-state index in [4.69, 9.17) is 0 Å². The van der Waals surface area contributed by atoms with Gasteiger partial charge in [-0.2, -0.15) is 0 Å². The number of rotatable bonds is 5. The number of hydrogen-bond acceptors (Lipinski definition) is 5. The van der Waals surface area contributed by atoms with E-state index in [1.807, 2.05) is 25.1 Å². The fraction of sp³-hybridized carbons (Fsp3) is 0.444. The van der Waals surface area contributed by atoms with Crippen LogP contribution in [0.1, 0.15) is 43.7 Å². The maximum absolute atomic E-state index is 12.5. The predicted octanol–water partition coefficient (Wildman–Crippen LogP) is 3.22. The van der Waals surface area contributed by atoms with Gasteiger partial charge < -0.3 is 10.2 Å². The summed E-state index contributed by atoms with van der Waals surface area (Å²) < 4.78 is 0. The Bertz CT molecular complexity index is 787. The normalized spacial score (nSPS) is 17.4. The van der Waals surface area contributed by atoms with E-state index in [0.717, 1.165) is 17.1 Å². The van der Waals surface area contributed by atoms with Gasteiger partial charge >= 0.3 is 0 Å². The van der Waals surface area contributed by atoms with E-state index in [0.29, 0.717) is 17.6 Å². The minimum Gasteiger partial charge on any atom is -0.312 e. The molecule has 0 saturated carbocycles. The summed E-state index contributed by atoms with van der Waals surface area (Å²) in [6.45, 7) is 6.62. The molecule has 7 heteroatoms. The van der Waals surface area contributed by atoms with Gasteiger partial charge in [0, 0.05) is 18.7 Å². The molecule has 1 aromatic heterocycles. The molecule has 2 aromatic rings. The average molecular weight is 358 g/mol. The molecule has 1 saturated heterocycles. The quantitative estimate of drug-likeness (QED) is 0.890. The first-order chi connectivity index (χ1) is 12.0. The van der Waals surface area contributed by atoms with Gasteiger partial charge in [-0.15, -0.1) is 10.2 Å². The summed E-state index contributed by atoms with van der Waals surface area (Å²) in [5, 5.41) is 12.1. The molecule has 132 valence electrons. The molecule has 6 nitrogen and oxygen atoms in total. The highest BCUT2D eigenvalue weighted by Crippen LogP contribution is 2.28. The Labute approximate surface area is 151 Å². The summed E-state index contributed by atoms with van der Waals surface area (Å²) in [6.07, 6.45) is 1.01. The highest BCUT2D eigenvalue weighted by Gasteiger charge is 2.35. The Morgan fingerprint density at radius 1 is 1.40 bits per heavy atom. The first-order valence-electron chi connectivity index (χ1n) is 8.51. The number of carbonyl (C=O) groups is 2. The van der Waals surface area contributed by atoms with E-state index in [-0.39, 0.29) is 24.2 Å². The lowest BCUT2D eigenvalue weighted by Gasteiger charge is -2.18. The van der Waals surface area contributed by atoms with Crippen LogP contribution < -0.4 is 10.2 Å². The van der Waals surface area contributed by atoms with Crippen molar-refractivity contribution in [3.05, 3.63) is 34.8 Å². The first kappa shape index (κ1) is 17.5. The lowest BCUT2D eigenvalue weighted by atomic mass is 10.0. The molecule has 0 bridgehead atoms. The van der Waals surface area contributed by atoms with Crippen LogP contribution in [-0.2, 0) is 16.0 Å². The molecule has 1 atom stereocenters. The van der Waals surface area contributed by atoms with Crippen molar-refractivity contribution in [1.29, 1.82) is 0 Å². The largest absolute Gasteiger partial charge is 0.312 e. The summed E-state index contributed by atoms with van der Waals surface area (Å²) in [5.41, 5.74) is 2.04. The van der Waals surface area contributed by atoms with Crippen molar-refractivity contribution in [2.24, 2.45) is 5.92 Å². The van der Waals surface area contributed by atoms with Crippen molar-refractivity contribution in [2.45, 2.75) is 39.5 Å². The number of carbonyl (C=O) groups excluding carboxylic acids is 2. The number of anilines is 2. The number of hydrogen-bond donors (Lipinski definition) is 1. The highest BCUT2D eigenvalue weighted by molar-refractivity contribution is 7.15. The Kier molecular flexibility index (Phi) is 5.13. The average Bonchev–Trinajstić information content (AvgIpc) is 3.21. The van der Waals surface area contributed by atoms with Gasteiger partial charge in [0.25, 0.3) is 0 Å². The third-order valence-electron chi connectivity index (χ3n) is 4.34. The van der Waals surface area contributed by atoms with Crippen molar-refractivity contribution in [3.63, 3.8) is 0 Å². The number of benzene rings is 1. The van der Waals surface area contributed by atoms with Gasteiger partial charge in [-0.1, -0.05) is 44.2 Å². The minimum atomic E-state index is -0.371. The fourth-order valence-corrected chi connectivity index (χ4v) is 3.52. The smallest absolute Gasteiger partial charge is 0.231 e. The number of nitrogens with one attached hydrogen (secondary N) is 1. The third-order valence-corrected chi connectivity index (χ3v) is 5.33. The van der Waals surface area contributed by atoms with Gasteiger partial charge in [-0.25, -0.2) is 0 Å². The van der Waals surface area contributed by atoms with Crippen LogP contribution in [0.3, 0.4) is 0 Å². The van der Waals surface area contributed by atoms with Crippen LogP contribution in [0.5, 0.6) is 0 Å². The molecular formula is C18H22N4O2S. The summed E-state index contributed by atoms with van der Waals surface area (Å²) in [6, 6.07) is 7.96. The molecule has 1 aromatic carbocycles. The van der Waals surface area contributed by atoms with Gasteiger partial charge in [0.1, 0.15) is 5.01 Å². The maximum Gasteiger partial charge on any atom is 0.231 e. The lowest BCUT2D eigenvalue weighted by molar-refractivity contribution is -0.122. The van der Waals surface area contributed by atoms with Crippen LogP contribution in [0.25, 0.3) is 0 Å². The zero-order valence-corrected chi connectivity index (χ0v) is 15.5. The Balaban J connectivity index is 1.69. The molecule has 1 aliphatic rings. The van der Waals surface area contributed by atoms with Crippen LogP contribution in [0, 0.1) is 5.92 Å². The molecule has 1 fully saturated rings. The minimum absolute atomic E-state index is 0.0208.